The van der Waals surface area contributed by atoms with Gasteiger partial charge in [0, 0.05) is 37.4 Å². The van der Waals surface area contributed by atoms with E-state index in [1.165, 1.54) is 29.2 Å². The van der Waals surface area contributed by atoms with Crippen LogP contribution in [0.15, 0.2) is 24.4 Å². The van der Waals surface area contributed by atoms with Gasteiger partial charge in [-0.15, -0.1) is 0 Å². The summed E-state index contributed by atoms with van der Waals surface area (Å²) in [5, 5.41) is 22.1. The number of piperazine rings is 1. The molecule has 0 spiro atoms. The van der Waals surface area contributed by atoms with E-state index in [1.54, 1.807) is 9.80 Å². The molecule has 1 saturated heterocycles. The lowest BCUT2D eigenvalue weighted by Crippen LogP contribution is -2.55. The minimum atomic E-state index is -1.17. The predicted octanol–water partition coefficient (Wildman–Crippen LogP) is 3.22. The van der Waals surface area contributed by atoms with Crippen molar-refractivity contribution >= 4 is 38.5 Å². The van der Waals surface area contributed by atoms with E-state index in [2.05, 4.69) is 21.4 Å². The van der Waals surface area contributed by atoms with Gasteiger partial charge in [0.1, 0.15) is 6.10 Å². The number of halogens is 1. The van der Waals surface area contributed by atoms with E-state index in [4.69, 9.17) is 5.11 Å². The molecule has 0 aliphatic carbocycles. The summed E-state index contributed by atoms with van der Waals surface area (Å²) in [5.74, 6) is -0.400. The molecule has 170 valence electrons. The summed E-state index contributed by atoms with van der Waals surface area (Å²) in [6.07, 6.45) is 0.195. The topological polar surface area (TPSA) is 102 Å². The molecule has 0 saturated carbocycles. The fraction of sp³-hybridized carbons (Fsp3) is 0.409. The number of hydrogen-bond donors (Lipinski definition) is 3. The smallest absolute Gasteiger partial charge is 0.324 e. The van der Waals surface area contributed by atoms with E-state index in [-0.39, 0.29) is 23.5 Å². The van der Waals surface area contributed by atoms with Crippen LogP contribution in [0.3, 0.4) is 0 Å². The number of hydrogen-bond acceptors (Lipinski definition) is 7. The van der Waals surface area contributed by atoms with Crippen LogP contribution in [0, 0.1) is 19.7 Å². The van der Waals surface area contributed by atoms with Crippen LogP contribution in [0.25, 0.3) is 10.2 Å². The number of anilines is 2. The van der Waals surface area contributed by atoms with Crippen molar-refractivity contribution < 1.29 is 19.4 Å². The van der Waals surface area contributed by atoms with E-state index >= 15 is 0 Å². The van der Waals surface area contributed by atoms with Crippen LogP contribution in [-0.4, -0.2) is 63.4 Å². The number of nitrogens with one attached hydrogen (secondary N) is 1. The number of aliphatic hydroxyl groups excluding tert-OH is 2. The van der Waals surface area contributed by atoms with Crippen LogP contribution in [0.2, 0.25) is 0 Å². The largest absolute Gasteiger partial charge is 0.393 e. The Bertz CT molecular complexity index is 1120. The fourth-order valence-electron chi connectivity index (χ4n) is 3.81. The molecule has 8 nitrogen and oxygen atoms in total. The van der Waals surface area contributed by atoms with Crippen molar-refractivity contribution in [3.8, 4) is 0 Å². The first-order valence-electron chi connectivity index (χ1n) is 10.4. The minimum Gasteiger partial charge on any atom is -0.393 e. The van der Waals surface area contributed by atoms with Crippen molar-refractivity contribution in [1.29, 1.82) is 0 Å². The zero-order valence-corrected chi connectivity index (χ0v) is 19.0. The number of aromatic nitrogens is 2. The van der Waals surface area contributed by atoms with E-state index < -0.39 is 18.5 Å². The number of pyridine rings is 1. The number of rotatable bonds is 4. The lowest BCUT2D eigenvalue weighted by molar-refractivity contribution is 0.0951. The van der Waals surface area contributed by atoms with Gasteiger partial charge in [-0.1, -0.05) is 11.3 Å². The van der Waals surface area contributed by atoms with E-state index in [0.29, 0.717) is 24.8 Å². The van der Waals surface area contributed by atoms with E-state index in [0.717, 1.165) is 15.8 Å². The maximum Gasteiger partial charge on any atom is 0.324 e. The number of fused-ring (bicyclic) bond motifs is 1. The molecular formula is C22H26FN5O3S. The average molecular weight is 460 g/mol. The molecule has 2 amide bonds. The number of amides is 2. The zero-order valence-electron chi connectivity index (χ0n) is 18.2. The first-order chi connectivity index (χ1) is 15.3. The highest BCUT2D eigenvalue weighted by Crippen LogP contribution is 2.29. The van der Waals surface area contributed by atoms with Crippen molar-refractivity contribution in [2.75, 3.05) is 36.5 Å². The summed E-state index contributed by atoms with van der Waals surface area (Å²) >= 11 is 1.44. The standard InChI is InChI=1S/C22H26FN5O3S/c1-12-6-17-19(7-13(12)2)32-21(25-17)26-22(31)28-5-4-27(10-14(28)3)20-16(23)8-15(9-24-20)18(30)11-29/h6-9,14,18,29-30H,4-5,10-11H2,1-3H3,(H,25,26,31)/t14-,18-/m1/s1. The zero-order chi connectivity index (χ0) is 23.0. The molecule has 3 N–H and O–H groups in total. The second-order valence-electron chi connectivity index (χ2n) is 8.11. The summed E-state index contributed by atoms with van der Waals surface area (Å²) < 4.78 is 15.6. The van der Waals surface area contributed by atoms with Crippen LogP contribution in [-0.2, 0) is 0 Å². The fourth-order valence-corrected chi connectivity index (χ4v) is 4.75. The molecule has 2 atom stereocenters. The van der Waals surface area contributed by atoms with Crippen LogP contribution in [0.4, 0.5) is 20.1 Å². The molecule has 0 bridgehead atoms. The van der Waals surface area contributed by atoms with Gasteiger partial charge in [0.2, 0.25) is 0 Å². The Balaban J connectivity index is 1.43. The summed E-state index contributed by atoms with van der Waals surface area (Å²) in [6.45, 7) is 6.72. The quantitative estimate of drug-likeness (QED) is 0.554. The minimum absolute atomic E-state index is 0.169. The number of nitrogens with zero attached hydrogens (tertiary/aromatic N) is 4. The Hall–Kier alpha value is -2.82. The molecule has 10 heteroatoms. The van der Waals surface area contributed by atoms with Gasteiger partial charge < -0.3 is 20.0 Å². The molecule has 3 aromatic rings. The molecule has 0 unspecified atom stereocenters. The van der Waals surface area contributed by atoms with Gasteiger partial charge >= 0.3 is 6.03 Å². The number of aliphatic hydroxyl groups is 2. The Kier molecular flexibility index (Phi) is 6.27. The summed E-state index contributed by atoms with van der Waals surface area (Å²) in [6, 6.07) is 4.87. The van der Waals surface area contributed by atoms with Crippen molar-refractivity contribution in [3.63, 3.8) is 0 Å². The number of thiazole rings is 1. The molecule has 1 fully saturated rings. The second kappa shape index (κ2) is 8.97. The van der Waals surface area contributed by atoms with Gasteiger partial charge in [0.25, 0.3) is 0 Å². The number of benzene rings is 1. The Labute approximate surface area is 189 Å². The first-order valence-corrected chi connectivity index (χ1v) is 11.2. The summed E-state index contributed by atoms with van der Waals surface area (Å²) in [4.78, 5) is 25.0. The van der Waals surface area contributed by atoms with Gasteiger partial charge in [0.05, 0.1) is 16.8 Å². The number of urea groups is 1. The van der Waals surface area contributed by atoms with Crippen molar-refractivity contribution in [2.24, 2.45) is 0 Å². The molecule has 3 heterocycles. The number of carbonyl (C=O) groups is 1. The van der Waals surface area contributed by atoms with E-state index in [1.807, 2.05) is 26.8 Å². The molecule has 1 aromatic carbocycles. The SMILES string of the molecule is Cc1cc2nc(NC(=O)N3CCN(c4ncc([C@H](O)CO)cc4F)C[C@H]3C)sc2cc1C. The van der Waals surface area contributed by atoms with Crippen LogP contribution in [0.1, 0.15) is 29.7 Å². The van der Waals surface area contributed by atoms with Crippen molar-refractivity contribution in [3.05, 3.63) is 46.9 Å². The monoisotopic (exact) mass is 459 g/mol. The van der Waals surface area contributed by atoms with Gasteiger partial charge in [-0.25, -0.2) is 19.2 Å². The van der Waals surface area contributed by atoms with E-state index in [9.17, 15) is 14.3 Å². The van der Waals surface area contributed by atoms with Crippen LogP contribution < -0.4 is 10.2 Å². The lowest BCUT2D eigenvalue weighted by atomic mass is 10.1. The van der Waals surface area contributed by atoms with Crippen molar-refractivity contribution in [1.82, 2.24) is 14.9 Å². The third-order valence-corrected chi connectivity index (χ3v) is 6.74. The Morgan fingerprint density at radius 2 is 2.06 bits per heavy atom. The highest BCUT2D eigenvalue weighted by Gasteiger charge is 2.30. The molecule has 32 heavy (non-hydrogen) atoms. The van der Waals surface area contributed by atoms with Crippen molar-refractivity contribution in [2.45, 2.75) is 32.9 Å². The molecule has 4 rings (SSSR count). The third-order valence-electron chi connectivity index (χ3n) is 5.81. The average Bonchev–Trinajstić information content (AvgIpc) is 3.13. The molecule has 2 aromatic heterocycles. The first kappa shape index (κ1) is 22.4. The number of carbonyl (C=O) groups excluding carboxylic acids is 1. The lowest BCUT2D eigenvalue weighted by Gasteiger charge is -2.40. The Morgan fingerprint density at radius 3 is 2.75 bits per heavy atom. The summed E-state index contributed by atoms with van der Waals surface area (Å²) in [7, 11) is 0. The highest BCUT2D eigenvalue weighted by molar-refractivity contribution is 7.22. The number of aryl methyl sites for hydroxylation is 2. The third kappa shape index (κ3) is 4.38. The Morgan fingerprint density at radius 1 is 1.31 bits per heavy atom. The molecule has 1 aliphatic heterocycles. The van der Waals surface area contributed by atoms with Crippen LogP contribution in [0.5, 0.6) is 0 Å². The molecule has 0 radical (unpaired) electrons. The van der Waals surface area contributed by atoms with Gasteiger partial charge in [-0.3, -0.25) is 5.32 Å². The molecular weight excluding hydrogens is 433 g/mol. The normalized spacial score (nSPS) is 17.6. The van der Waals surface area contributed by atoms with Gasteiger partial charge in [0.15, 0.2) is 16.8 Å². The highest BCUT2D eigenvalue weighted by atomic mass is 32.1. The second-order valence-corrected chi connectivity index (χ2v) is 9.14. The maximum atomic E-state index is 14.6. The van der Waals surface area contributed by atoms with Gasteiger partial charge in [-0.2, -0.15) is 0 Å². The van der Waals surface area contributed by atoms with Gasteiger partial charge in [-0.05, 0) is 50.1 Å². The van der Waals surface area contributed by atoms with Crippen LogP contribution >= 0.6 is 11.3 Å². The summed E-state index contributed by atoms with van der Waals surface area (Å²) in [5.41, 5.74) is 3.43. The maximum absolute atomic E-state index is 14.6. The molecule has 1 aliphatic rings. The predicted molar refractivity (Wildman–Crippen MR) is 123 cm³/mol.